The molecule has 0 aromatic carbocycles. The summed E-state index contributed by atoms with van der Waals surface area (Å²) >= 11 is 5.26. The Balaban J connectivity index is 0.00000116. The number of nitrogens with two attached hydrogens (primary N) is 1. The van der Waals surface area contributed by atoms with Gasteiger partial charge >= 0.3 is 5.97 Å². The molecule has 2 aromatic rings. The molecule has 22 heavy (non-hydrogen) atoms. The van der Waals surface area contributed by atoms with E-state index in [1.807, 2.05) is 13.8 Å². The first kappa shape index (κ1) is 17.9. The van der Waals surface area contributed by atoms with Gasteiger partial charge in [-0.2, -0.15) is 4.98 Å². The van der Waals surface area contributed by atoms with Crippen LogP contribution in [0.15, 0.2) is 11.1 Å². The Hall–Kier alpha value is -2.13. The van der Waals surface area contributed by atoms with E-state index in [4.69, 9.17) is 26.8 Å². The van der Waals surface area contributed by atoms with Gasteiger partial charge in [0, 0.05) is 0 Å². The van der Waals surface area contributed by atoms with Gasteiger partial charge in [-0.1, -0.05) is 13.8 Å². The smallest absolute Gasteiger partial charge is 0.320 e. The number of alkyl halides is 1. The zero-order valence-electron chi connectivity index (χ0n) is 12.3. The minimum atomic E-state index is -0.510. The minimum Gasteiger partial charge on any atom is -0.462 e. The highest BCUT2D eigenvalue weighted by Gasteiger charge is 2.09. The molecular formula is C12H18ClN5O4. The maximum absolute atomic E-state index is 11.5. The Labute approximate surface area is 131 Å². The van der Waals surface area contributed by atoms with Crippen molar-refractivity contribution >= 4 is 34.7 Å². The Bertz CT molecular complexity index is 669. The number of rotatable bonds is 6. The van der Waals surface area contributed by atoms with Crippen molar-refractivity contribution in [1.29, 1.82) is 0 Å². The van der Waals surface area contributed by atoms with Gasteiger partial charge in [-0.25, -0.2) is 4.98 Å². The van der Waals surface area contributed by atoms with E-state index in [1.54, 1.807) is 0 Å². The molecule has 0 fully saturated rings. The quantitative estimate of drug-likeness (QED) is 0.448. The predicted molar refractivity (Wildman–Crippen MR) is 81.5 cm³/mol. The molecule has 0 amide bonds. The van der Waals surface area contributed by atoms with Crippen molar-refractivity contribution in [3.05, 3.63) is 16.7 Å². The van der Waals surface area contributed by atoms with E-state index in [2.05, 4.69) is 15.0 Å². The summed E-state index contributed by atoms with van der Waals surface area (Å²) < 4.78 is 11.5. The molecule has 0 aliphatic heterocycles. The van der Waals surface area contributed by atoms with E-state index < -0.39 is 11.5 Å². The highest BCUT2D eigenvalue weighted by molar-refractivity contribution is 6.26. The lowest BCUT2D eigenvalue weighted by Gasteiger charge is -2.06. The fourth-order valence-corrected chi connectivity index (χ4v) is 1.56. The number of aromatic nitrogens is 4. The van der Waals surface area contributed by atoms with Crippen LogP contribution in [0.4, 0.5) is 5.95 Å². The first-order valence-corrected chi connectivity index (χ1v) is 7.15. The van der Waals surface area contributed by atoms with Crippen LogP contribution in [0.2, 0.25) is 0 Å². The van der Waals surface area contributed by atoms with Crippen LogP contribution in [0.1, 0.15) is 13.8 Å². The van der Waals surface area contributed by atoms with E-state index in [1.165, 1.54) is 10.9 Å². The highest BCUT2D eigenvalue weighted by atomic mass is 35.5. The number of carbonyl (C=O) groups excluding carboxylic acids is 1. The Morgan fingerprint density at radius 2 is 2.18 bits per heavy atom. The first-order chi connectivity index (χ1) is 10.6. The third-order valence-corrected chi connectivity index (χ3v) is 2.54. The Morgan fingerprint density at radius 3 is 2.86 bits per heavy atom. The largest absolute Gasteiger partial charge is 0.462 e. The summed E-state index contributed by atoms with van der Waals surface area (Å²) in [5, 5.41) is 0. The molecule has 2 rings (SSSR count). The lowest BCUT2D eigenvalue weighted by molar-refractivity contribution is -0.142. The average Bonchev–Trinajstić information content (AvgIpc) is 2.92. The normalized spacial score (nSPS) is 10.1. The monoisotopic (exact) mass is 331 g/mol. The summed E-state index contributed by atoms with van der Waals surface area (Å²) in [5.74, 6) is -0.706. The van der Waals surface area contributed by atoms with Crippen LogP contribution in [0.25, 0.3) is 11.2 Å². The molecule has 0 saturated carbocycles. The molecule has 0 unspecified atom stereocenters. The number of halogens is 1. The zero-order chi connectivity index (χ0) is 16.5. The summed E-state index contributed by atoms with van der Waals surface area (Å²) in [4.78, 5) is 32.5. The number of anilines is 1. The third-order valence-electron chi connectivity index (χ3n) is 2.32. The standard InChI is InChI=1S/C10H12ClN5O4.C2H6/c11-3-6(17)20-2-1-19-5-16-4-13-7-8(16)14-10(12)15-9(7)18;1-2/h4H,1-3,5H2,(H3,12,14,15,18);1-2H3. The second-order valence-electron chi connectivity index (χ2n) is 3.73. The van der Waals surface area contributed by atoms with Crippen molar-refractivity contribution in [3.63, 3.8) is 0 Å². The van der Waals surface area contributed by atoms with Crippen molar-refractivity contribution in [1.82, 2.24) is 19.5 Å². The van der Waals surface area contributed by atoms with Crippen LogP contribution in [0.5, 0.6) is 0 Å². The topological polar surface area (TPSA) is 125 Å². The van der Waals surface area contributed by atoms with Gasteiger partial charge in [0.2, 0.25) is 5.95 Å². The molecule has 2 aromatic heterocycles. The summed E-state index contributed by atoms with van der Waals surface area (Å²) in [6.07, 6.45) is 1.41. The number of hydrogen-bond donors (Lipinski definition) is 2. The molecule has 122 valence electrons. The highest BCUT2D eigenvalue weighted by Crippen LogP contribution is 2.06. The number of aromatic amines is 1. The lowest BCUT2D eigenvalue weighted by atomic mass is 10.5. The van der Waals surface area contributed by atoms with Crippen LogP contribution >= 0.6 is 11.6 Å². The first-order valence-electron chi connectivity index (χ1n) is 6.61. The SMILES string of the molecule is CC.Nc1nc2c(ncn2COCCOC(=O)CCl)c(=O)[nH]1. The number of nitrogens with zero attached hydrogens (tertiary/aromatic N) is 3. The van der Waals surface area contributed by atoms with Crippen molar-refractivity contribution in [2.24, 2.45) is 0 Å². The van der Waals surface area contributed by atoms with Gasteiger partial charge < -0.3 is 15.2 Å². The van der Waals surface area contributed by atoms with E-state index >= 15 is 0 Å². The van der Waals surface area contributed by atoms with Gasteiger partial charge in [0.05, 0.1) is 12.9 Å². The number of fused-ring (bicyclic) bond motifs is 1. The molecule has 0 bridgehead atoms. The lowest BCUT2D eigenvalue weighted by Crippen LogP contribution is -2.14. The van der Waals surface area contributed by atoms with Gasteiger partial charge in [-0.15, -0.1) is 11.6 Å². The van der Waals surface area contributed by atoms with Gasteiger partial charge in [-0.05, 0) is 0 Å². The van der Waals surface area contributed by atoms with Crippen molar-refractivity contribution in [2.75, 3.05) is 24.8 Å². The Kier molecular flexibility index (Phi) is 7.33. The molecule has 2 heterocycles. The Morgan fingerprint density at radius 1 is 1.45 bits per heavy atom. The van der Waals surface area contributed by atoms with Gasteiger partial charge in [-0.3, -0.25) is 19.1 Å². The summed E-state index contributed by atoms with van der Waals surface area (Å²) in [7, 11) is 0. The molecule has 0 spiro atoms. The van der Waals surface area contributed by atoms with Crippen LogP contribution < -0.4 is 11.3 Å². The minimum absolute atomic E-state index is 0.000271. The van der Waals surface area contributed by atoms with E-state index in [0.29, 0.717) is 5.65 Å². The van der Waals surface area contributed by atoms with Crippen LogP contribution in [-0.4, -0.2) is 44.6 Å². The third kappa shape index (κ3) is 4.71. The fourth-order valence-electron chi connectivity index (χ4n) is 1.48. The fraction of sp³-hybridized carbons (Fsp3) is 0.500. The molecule has 0 atom stereocenters. The zero-order valence-corrected chi connectivity index (χ0v) is 13.1. The number of esters is 1. The number of H-pyrrole nitrogens is 1. The van der Waals surface area contributed by atoms with E-state index in [9.17, 15) is 9.59 Å². The maximum Gasteiger partial charge on any atom is 0.320 e. The average molecular weight is 332 g/mol. The molecule has 3 N–H and O–H groups in total. The molecule has 0 saturated heterocycles. The molecule has 0 radical (unpaired) electrons. The van der Waals surface area contributed by atoms with Gasteiger partial charge in [0.15, 0.2) is 11.2 Å². The summed E-state index contributed by atoms with van der Waals surface area (Å²) in [6.45, 7) is 4.38. The summed E-state index contributed by atoms with van der Waals surface area (Å²) in [5.41, 5.74) is 5.54. The van der Waals surface area contributed by atoms with Crippen LogP contribution in [0, 0.1) is 0 Å². The van der Waals surface area contributed by atoms with E-state index in [0.717, 1.165) is 0 Å². The van der Waals surface area contributed by atoms with Crippen molar-refractivity contribution < 1.29 is 14.3 Å². The second kappa shape index (κ2) is 9.00. The molecule has 10 heteroatoms. The number of nitrogens with one attached hydrogen (secondary N) is 1. The van der Waals surface area contributed by atoms with E-state index in [-0.39, 0.29) is 37.3 Å². The molecule has 9 nitrogen and oxygen atoms in total. The predicted octanol–water partition coefficient (Wildman–Crippen LogP) is 0.484. The molecule has 0 aliphatic rings. The number of nitrogen functional groups attached to an aromatic ring is 1. The molecular weight excluding hydrogens is 314 g/mol. The van der Waals surface area contributed by atoms with Crippen LogP contribution in [-0.2, 0) is 21.0 Å². The summed E-state index contributed by atoms with van der Waals surface area (Å²) in [6, 6.07) is 0. The van der Waals surface area contributed by atoms with Gasteiger partial charge in [0.25, 0.3) is 5.56 Å². The molecule has 0 aliphatic carbocycles. The number of ether oxygens (including phenoxy) is 2. The number of hydrogen-bond acceptors (Lipinski definition) is 7. The van der Waals surface area contributed by atoms with Crippen LogP contribution in [0.3, 0.4) is 0 Å². The second-order valence-corrected chi connectivity index (χ2v) is 4.00. The number of carbonyl (C=O) groups is 1. The van der Waals surface area contributed by atoms with Crippen molar-refractivity contribution in [3.8, 4) is 0 Å². The number of imidazole rings is 1. The van der Waals surface area contributed by atoms with Gasteiger partial charge in [0.1, 0.15) is 19.2 Å². The van der Waals surface area contributed by atoms with Crippen molar-refractivity contribution in [2.45, 2.75) is 20.6 Å². The maximum atomic E-state index is 11.5.